The van der Waals surface area contributed by atoms with E-state index in [1.54, 1.807) is 4.90 Å². The normalized spacial score (nSPS) is 22.0. The van der Waals surface area contributed by atoms with Crippen LogP contribution in [0, 0.1) is 11.8 Å². The minimum absolute atomic E-state index is 0.0713. The maximum absolute atomic E-state index is 13.0. The maximum atomic E-state index is 13.0. The van der Waals surface area contributed by atoms with Gasteiger partial charge in [0.25, 0.3) is 0 Å². The first kappa shape index (κ1) is 17.0. The van der Waals surface area contributed by atoms with Gasteiger partial charge in [-0.15, -0.1) is 11.3 Å². The summed E-state index contributed by atoms with van der Waals surface area (Å²) in [6, 6.07) is 13.6. The van der Waals surface area contributed by atoms with Crippen LogP contribution in [0.25, 0.3) is 10.4 Å². The highest BCUT2D eigenvalue weighted by molar-refractivity contribution is 7.15. The van der Waals surface area contributed by atoms with Crippen molar-refractivity contribution < 1.29 is 23.1 Å². The summed E-state index contributed by atoms with van der Waals surface area (Å²) in [5, 5.41) is 9.06. The van der Waals surface area contributed by atoms with Gasteiger partial charge in [0.05, 0.1) is 11.8 Å². The van der Waals surface area contributed by atoms with E-state index in [2.05, 4.69) is 0 Å². The average molecular weight is 355 g/mol. The summed E-state index contributed by atoms with van der Waals surface area (Å²) in [6.07, 6.45) is -4.48. The van der Waals surface area contributed by atoms with Crippen LogP contribution in [-0.2, 0) is 11.3 Å². The lowest BCUT2D eigenvalue weighted by Crippen LogP contribution is -2.33. The number of carboxylic acids is 1. The second-order valence-electron chi connectivity index (χ2n) is 5.92. The van der Waals surface area contributed by atoms with Crippen LogP contribution in [-0.4, -0.2) is 35.2 Å². The number of nitrogens with zero attached hydrogens (tertiary/aromatic N) is 1. The number of rotatable bonds is 4. The molecule has 3 rings (SSSR count). The van der Waals surface area contributed by atoms with Crippen molar-refractivity contribution in [1.82, 2.24) is 4.90 Å². The molecule has 1 N–H and O–H groups in total. The number of hydrogen-bond donors (Lipinski definition) is 1. The number of thiophene rings is 1. The summed E-state index contributed by atoms with van der Waals surface area (Å²) in [5.74, 6) is -4.57. The van der Waals surface area contributed by atoms with Crippen LogP contribution in [0.2, 0.25) is 0 Å². The smallest absolute Gasteiger partial charge is 0.393 e. The van der Waals surface area contributed by atoms with Crippen LogP contribution >= 0.6 is 11.3 Å². The zero-order chi connectivity index (χ0) is 17.3. The standard InChI is InChI=1S/C17H16F3NO2S/c18-17(19,20)14-10-21(9-13(14)16(22)23)8-12-6-7-15(24-12)11-4-2-1-3-5-11/h1-7,13-14H,8-10H2,(H,22,23)/t13-,14-/m1/s1. The molecule has 0 unspecified atom stereocenters. The third-order valence-electron chi connectivity index (χ3n) is 4.23. The van der Waals surface area contributed by atoms with Crippen molar-refractivity contribution in [3.63, 3.8) is 0 Å². The molecule has 2 heterocycles. The molecule has 0 saturated carbocycles. The molecular weight excluding hydrogens is 339 g/mol. The Morgan fingerprint density at radius 2 is 1.88 bits per heavy atom. The predicted molar refractivity (Wildman–Crippen MR) is 85.7 cm³/mol. The van der Waals surface area contributed by atoms with Crippen molar-refractivity contribution in [3.05, 3.63) is 47.3 Å². The molecule has 3 nitrogen and oxygen atoms in total. The number of likely N-dealkylation sites (tertiary alicyclic amines) is 1. The Morgan fingerprint density at radius 1 is 1.17 bits per heavy atom. The summed E-state index contributed by atoms with van der Waals surface area (Å²) in [7, 11) is 0. The van der Waals surface area contributed by atoms with Gasteiger partial charge >= 0.3 is 12.1 Å². The fourth-order valence-corrected chi connectivity index (χ4v) is 4.09. The lowest BCUT2D eigenvalue weighted by molar-refractivity contribution is -0.188. The number of alkyl halides is 3. The highest BCUT2D eigenvalue weighted by Gasteiger charge is 2.52. The Kier molecular flexibility index (Phi) is 4.64. The van der Waals surface area contributed by atoms with E-state index in [1.165, 1.54) is 11.3 Å². The maximum Gasteiger partial charge on any atom is 0.393 e. The second-order valence-corrected chi connectivity index (χ2v) is 7.09. The molecule has 0 spiro atoms. The molecule has 0 radical (unpaired) electrons. The van der Waals surface area contributed by atoms with Gasteiger partial charge in [-0.05, 0) is 17.7 Å². The van der Waals surface area contributed by atoms with Gasteiger partial charge in [0.15, 0.2) is 0 Å². The van der Waals surface area contributed by atoms with Gasteiger partial charge in [0.1, 0.15) is 0 Å². The van der Waals surface area contributed by atoms with E-state index >= 15 is 0 Å². The lowest BCUT2D eigenvalue weighted by Gasteiger charge is -2.18. The minimum atomic E-state index is -4.48. The first-order valence-electron chi connectivity index (χ1n) is 7.50. The highest BCUT2D eigenvalue weighted by Crippen LogP contribution is 2.39. The molecule has 128 valence electrons. The summed E-state index contributed by atoms with van der Waals surface area (Å²) in [6.45, 7) is 0.00494. The largest absolute Gasteiger partial charge is 0.481 e. The van der Waals surface area contributed by atoms with E-state index in [-0.39, 0.29) is 13.1 Å². The zero-order valence-corrected chi connectivity index (χ0v) is 13.5. The molecule has 1 aromatic heterocycles. The van der Waals surface area contributed by atoms with Crippen molar-refractivity contribution in [2.24, 2.45) is 11.8 Å². The van der Waals surface area contributed by atoms with Crippen molar-refractivity contribution >= 4 is 17.3 Å². The Balaban J connectivity index is 1.71. The molecule has 1 fully saturated rings. The summed E-state index contributed by atoms with van der Waals surface area (Å²) in [4.78, 5) is 14.7. The van der Waals surface area contributed by atoms with Gasteiger partial charge in [-0.25, -0.2) is 0 Å². The number of halogens is 3. The summed E-state index contributed by atoms with van der Waals surface area (Å²) in [5.41, 5.74) is 1.06. The van der Waals surface area contributed by atoms with E-state index in [1.807, 2.05) is 42.5 Å². The molecule has 0 aliphatic carbocycles. The van der Waals surface area contributed by atoms with Crippen LogP contribution < -0.4 is 0 Å². The monoisotopic (exact) mass is 355 g/mol. The molecular formula is C17H16F3NO2S. The van der Waals surface area contributed by atoms with Gasteiger partial charge in [0, 0.05) is 29.4 Å². The van der Waals surface area contributed by atoms with Crippen LogP contribution in [0.4, 0.5) is 13.2 Å². The predicted octanol–water partition coefficient (Wildman–Crippen LogP) is 4.11. The summed E-state index contributed by atoms with van der Waals surface area (Å²) < 4.78 is 39.1. The lowest BCUT2D eigenvalue weighted by atomic mass is 9.96. The van der Waals surface area contributed by atoms with Gasteiger partial charge in [0.2, 0.25) is 0 Å². The molecule has 1 aliphatic rings. The van der Waals surface area contributed by atoms with E-state index in [4.69, 9.17) is 5.11 Å². The highest BCUT2D eigenvalue weighted by atomic mass is 32.1. The third-order valence-corrected chi connectivity index (χ3v) is 5.35. The van der Waals surface area contributed by atoms with E-state index in [9.17, 15) is 18.0 Å². The second kappa shape index (κ2) is 6.57. The topological polar surface area (TPSA) is 40.5 Å². The van der Waals surface area contributed by atoms with Crippen LogP contribution in [0.15, 0.2) is 42.5 Å². The number of benzene rings is 1. The molecule has 1 aromatic carbocycles. The molecule has 2 atom stereocenters. The van der Waals surface area contributed by atoms with Crippen LogP contribution in [0.5, 0.6) is 0 Å². The SMILES string of the molecule is O=C(O)[C@@H]1CN(Cc2ccc(-c3ccccc3)s2)C[C@H]1C(F)(F)F. The van der Waals surface area contributed by atoms with Crippen molar-refractivity contribution in [3.8, 4) is 10.4 Å². The van der Waals surface area contributed by atoms with Gasteiger partial charge in [-0.1, -0.05) is 30.3 Å². The fraction of sp³-hybridized carbons (Fsp3) is 0.353. The Hall–Kier alpha value is -1.86. The Morgan fingerprint density at radius 3 is 2.46 bits per heavy atom. The van der Waals surface area contributed by atoms with E-state index < -0.39 is 24.0 Å². The quantitative estimate of drug-likeness (QED) is 0.897. The molecule has 0 bridgehead atoms. The number of carbonyl (C=O) groups is 1. The number of carboxylic acid groups (broad SMARTS) is 1. The van der Waals surface area contributed by atoms with Crippen molar-refractivity contribution in [2.75, 3.05) is 13.1 Å². The van der Waals surface area contributed by atoms with Crippen LogP contribution in [0.1, 0.15) is 4.88 Å². The molecule has 1 aliphatic heterocycles. The molecule has 0 amide bonds. The molecule has 24 heavy (non-hydrogen) atoms. The van der Waals surface area contributed by atoms with Gasteiger partial charge in [-0.2, -0.15) is 13.2 Å². The summed E-state index contributed by atoms with van der Waals surface area (Å²) >= 11 is 1.52. The first-order chi connectivity index (χ1) is 11.3. The van der Waals surface area contributed by atoms with Gasteiger partial charge < -0.3 is 5.11 Å². The Labute approximate surface area is 141 Å². The first-order valence-corrected chi connectivity index (χ1v) is 8.32. The molecule has 2 aromatic rings. The third kappa shape index (κ3) is 3.62. The van der Waals surface area contributed by atoms with Gasteiger partial charge in [-0.3, -0.25) is 9.69 Å². The zero-order valence-electron chi connectivity index (χ0n) is 12.7. The Bertz CT molecular complexity index is 714. The van der Waals surface area contributed by atoms with E-state index in [0.717, 1.165) is 15.3 Å². The van der Waals surface area contributed by atoms with Crippen LogP contribution in [0.3, 0.4) is 0 Å². The fourth-order valence-electron chi connectivity index (χ4n) is 3.04. The number of hydrogen-bond acceptors (Lipinski definition) is 3. The van der Waals surface area contributed by atoms with Crippen molar-refractivity contribution in [1.29, 1.82) is 0 Å². The minimum Gasteiger partial charge on any atom is -0.481 e. The van der Waals surface area contributed by atoms with E-state index in [0.29, 0.717) is 6.54 Å². The molecule has 7 heteroatoms. The van der Waals surface area contributed by atoms with Crippen molar-refractivity contribution in [2.45, 2.75) is 12.7 Å². The average Bonchev–Trinajstić information content (AvgIpc) is 3.15. The number of aliphatic carboxylic acids is 1. The molecule has 1 saturated heterocycles.